The third kappa shape index (κ3) is 3.78. The topological polar surface area (TPSA) is 46.5 Å². The van der Waals surface area contributed by atoms with Crippen LogP contribution in [-0.2, 0) is 17.8 Å². The normalized spacial score (nSPS) is 13.6. The number of benzene rings is 1. The van der Waals surface area contributed by atoms with E-state index in [2.05, 4.69) is 4.18 Å². The summed E-state index contributed by atoms with van der Waals surface area (Å²) in [6.45, 7) is 0. The van der Waals surface area contributed by atoms with Crippen molar-refractivity contribution >= 4 is 11.4 Å². The van der Waals surface area contributed by atoms with E-state index >= 15 is 0 Å². The predicted octanol–water partition coefficient (Wildman–Crippen LogP) is 2.45. The lowest BCUT2D eigenvalue weighted by Gasteiger charge is -2.11. The highest BCUT2D eigenvalue weighted by atomic mass is 32.2. The average molecular weight is 258 g/mol. The van der Waals surface area contributed by atoms with Crippen LogP contribution in [0.1, 0.15) is 5.56 Å². The van der Waals surface area contributed by atoms with Crippen molar-refractivity contribution in [2.75, 3.05) is 0 Å². The first kappa shape index (κ1) is 12.9. The van der Waals surface area contributed by atoms with Crippen molar-refractivity contribution in [2.45, 2.75) is 12.6 Å². The Morgan fingerprint density at radius 1 is 1.38 bits per heavy atom. The van der Waals surface area contributed by atoms with Crippen LogP contribution in [0.4, 0.5) is 17.6 Å². The van der Waals surface area contributed by atoms with Crippen LogP contribution in [0, 0.1) is 5.82 Å². The number of alkyl halides is 3. The molecule has 1 aromatic carbocycles. The number of hydrogen-bond acceptors (Lipinski definition) is 2. The van der Waals surface area contributed by atoms with Crippen LogP contribution in [-0.4, -0.2) is 14.9 Å². The zero-order chi connectivity index (χ0) is 12.3. The fraction of sp³-hybridized carbons (Fsp3) is 0.250. The molecular weight excluding hydrogens is 252 g/mol. The van der Waals surface area contributed by atoms with Gasteiger partial charge in [-0.1, -0.05) is 6.07 Å². The van der Waals surface area contributed by atoms with Crippen LogP contribution < -0.4 is 4.18 Å². The van der Waals surface area contributed by atoms with Crippen molar-refractivity contribution in [3.63, 3.8) is 0 Å². The molecule has 0 aliphatic rings. The van der Waals surface area contributed by atoms with Gasteiger partial charge < -0.3 is 4.18 Å². The Morgan fingerprint density at radius 2 is 2.00 bits per heavy atom. The van der Waals surface area contributed by atoms with E-state index in [-0.39, 0.29) is 0 Å². The minimum atomic E-state index is -4.63. The molecule has 0 aliphatic carbocycles. The molecule has 8 heteroatoms. The van der Waals surface area contributed by atoms with E-state index in [9.17, 15) is 21.8 Å². The second-order valence-corrected chi connectivity index (χ2v) is 3.41. The summed E-state index contributed by atoms with van der Waals surface area (Å²) in [4.78, 5) is 0. The van der Waals surface area contributed by atoms with Gasteiger partial charge in [-0.05, 0) is 12.1 Å². The maximum atomic E-state index is 13.1. The molecule has 0 heterocycles. The van der Waals surface area contributed by atoms with E-state index in [0.717, 1.165) is 18.2 Å². The third-order valence-electron chi connectivity index (χ3n) is 1.61. The van der Waals surface area contributed by atoms with Crippen LogP contribution in [0.25, 0.3) is 0 Å². The van der Waals surface area contributed by atoms with E-state index in [0.29, 0.717) is 0 Å². The second kappa shape index (κ2) is 4.79. The summed E-state index contributed by atoms with van der Waals surface area (Å²) in [7, 11) is 0. The Labute approximate surface area is 90.5 Å². The zero-order valence-corrected chi connectivity index (χ0v) is 8.44. The Hall–Kier alpha value is -1.15. The Morgan fingerprint density at radius 3 is 2.50 bits per heavy atom. The highest BCUT2D eigenvalue weighted by Crippen LogP contribution is 2.29. The van der Waals surface area contributed by atoms with Gasteiger partial charge in [0.15, 0.2) is 0 Å². The van der Waals surface area contributed by atoms with Crippen LogP contribution >= 0.6 is 0 Å². The minimum absolute atomic E-state index is 0.599. The number of rotatable bonds is 3. The molecule has 0 spiro atoms. The molecule has 1 rings (SSSR count). The molecule has 1 aromatic rings. The molecular formula is C8H6F4O3S. The SMILES string of the molecule is O=S(O)Oc1cccc(F)c1CC(F)(F)F. The quantitative estimate of drug-likeness (QED) is 0.669. The molecule has 0 amide bonds. The molecule has 0 bridgehead atoms. The van der Waals surface area contributed by atoms with Gasteiger partial charge in [0, 0.05) is 5.56 Å². The van der Waals surface area contributed by atoms with Crippen LogP contribution in [0.15, 0.2) is 18.2 Å². The smallest absolute Gasteiger partial charge is 0.380 e. The average Bonchev–Trinajstić information content (AvgIpc) is 2.08. The van der Waals surface area contributed by atoms with E-state index in [1.54, 1.807) is 0 Å². The van der Waals surface area contributed by atoms with E-state index in [4.69, 9.17) is 4.55 Å². The number of halogens is 4. The summed E-state index contributed by atoms with van der Waals surface area (Å²) >= 11 is -2.80. The Kier molecular flexibility index (Phi) is 3.87. The summed E-state index contributed by atoms with van der Waals surface area (Å²) in [5, 5.41) is 0. The highest BCUT2D eigenvalue weighted by molar-refractivity contribution is 7.74. The Bertz CT molecular complexity index is 405. The maximum Gasteiger partial charge on any atom is 0.393 e. The maximum absolute atomic E-state index is 13.1. The van der Waals surface area contributed by atoms with Crippen molar-refractivity contribution in [3.8, 4) is 5.75 Å². The first-order valence-corrected chi connectivity index (χ1v) is 4.96. The van der Waals surface area contributed by atoms with Gasteiger partial charge in [0.2, 0.25) is 0 Å². The third-order valence-corrected chi connectivity index (χ3v) is 1.94. The standard InChI is InChI=1S/C8H6F4O3S/c9-6-2-1-3-7(15-16(13)14)5(6)4-8(10,11)12/h1-3H,4H2,(H,13,14). The van der Waals surface area contributed by atoms with Gasteiger partial charge >= 0.3 is 17.5 Å². The van der Waals surface area contributed by atoms with Gasteiger partial charge in [0.25, 0.3) is 0 Å². The van der Waals surface area contributed by atoms with Crippen molar-refractivity contribution in [2.24, 2.45) is 0 Å². The van der Waals surface area contributed by atoms with Crippen molar-refractivity contribution in [3.05, 3.63) is 29.6 Å². The lowest BCUT2D eigenvalue weighted by Crippen LogP contribution is -2.14. The molecule has 1 atom stereocenters. The number of hydrogen-bond donors (Lipinski definition) is 1. The van der Waals surface area contributed by atoms with Crippen LogP contribution in [0.2, 0.25) is 0 Å². The summed E-state index contributed by atoms with van der Waals surface area (Å²) in [5.41, 5.74) is -0.794. The second-order valence-electron chi connectivity index (χ2n) is 2.81. The molecule has 0 radical (unpaired) electrons. The molecule has 0 aromatic heterocycles. The summed E-state index contributed by atoms with van der Waals surface area (Å²) in [5.74, 6) is -1.74. The monoisotopic (exact) mass is 258 g/mol. The molecule has 16 heavy (non-hydrogen) atoms. The fourth-order valence-electron chi connectivity index (χ4n) is 1.07. The summed E-state index contributed by atoms with van der Waals surface area (Å²) in [6.07, 6.45) is -6.19. The van der Waals surface area contributed by atoms with Crippen LogP contribution in [0.3, 0.4) is 0 Å². The molecule has 0 fully saturated rings. The highest BCUT2D eigenvalue weighted by Gasteiger charge is 2.31. The predicted molar refractivity (Wildman–Crippen MR) is 47.6 cm³/mol. The molecule has 3 nitrogen and oxygen atoms in total. The first-order chi connectivity index (χ1) is 7.29. The van der Waals surface area contributed by atoms with E-state index in [1.807, 2.05) is 0 Å². The van der Waals surface area contributed by atoms with Gasteiger partial charge in [-0.3, -0.25) is 4.55 Å². The van der Waals surface area contributed by atoms with Gasteiger partial charge in [-0.2, -0.15) is 17.4 Å². The zero-order valence-electron chi connectivity index (χ0n) is 7.62. The molecule has 0 saturated carbocycles. The Balaban J connectivity index is 3.08. The van der Waals surface area contributed by atoms with E-state index < -0.39 is 41.1 Å². The minimum Gasteiger partial charge on any atom is -0.380 e. The summed E-state index contributed by atoms with van der Waals surface area (Å²) in [6, 6.07) is 2.88. The van der Waals surface area contributed by atoms with Crippen molar-refractivity contribution < 1.29 is 30.5 Å². The fourth-order valence-corrected chi connectivity index (χ4v) is 1.38. The van der Waals surface area contributed by atoms with Crippen LogP contribution in [0.5, 0.6) is 5.75 Å². The first-order valence-electron chi connectivity index (χ1n) is 3.93. The van der Waals surface area contributed by atoms with Crippen molar-refractivity contribution in [1.29, 1.82) is 0 Å². The van der Waals surface area contributed by atoms with Gasteiger partial charge in [0.05, 0.1) is 6.42 Å². The van der Waals surface area contributed by atoms with Gasteiger partial charge in [-0.25, -0.2) is 4.39 Å². The largest absolute Gasteiger partial charge is 0.393 e. The summed E-state index contributed by atoms with van der Waals surface area (Å²) < 4.78 is 72.1. The molecule has 0 saturated heterocycles. The molecule has 1 unspecified atom stereocenters. The van der Waals surface area contributed by atoms with Crippen molar-refractivity contribution in [1.82, 2.24) is 0 Å². The molecule has 0 aliphatic heterocycles. The van der Waals surface area contributed by atoms with Gasteiger partial charge in [0.1, 0.15) is 11.6 Å². The molecule has 1 N–H and O–H groups in total. The lowest BCUT2D eigenvalue weighted by atomic mass is 10.1. The van der Waals surface area contributed by atoms with E-state index in [1.165, 1.54) is 0 Å². The molecule has 90 valence electrons. The van der Waals surface area contributed by atoms with Gasteiger partial charge in [-0.15, -0.1) is 0 Å². The lowest BCUT2D eigenvalue weighted by molar-refractivity contribution is -0.127.